The molecule has 0 aliphatic carbocycles. The Hall–Kier alpha value is -1.49. The number of rotatable bonds is 3. The number of fused-ring (bicyclic) bond motifs is 1. The van der Waals surface area contributed by atoms with E-state index in [1.54, 1.807) is 4.90 Å². The lowest BCUT2D eigenvalue weighted by atomic mass is 9.98. The van der Waals surface area contributed by atoms with E-state index in [0.29, 0.717) is 12.3 Å². The molecule has 3 rings (SSSR count). The van der Waals surface area contributed by atoms with Gasteiger partial charge < -0.3 is 10.0 Å². The first-order chi connectivity index (χ1) is 10.2. The molecular formula is C16H19NO3S. The molecule has 2 aliphatic rings. The van der Waals surface area contributed by atoms with Gasteiger partial charge in [-0.15, -0.1) is 0 Å². The molecule has 1 aromatic carbocycles. The zero-order chi connectivity index (χ0) is 14.8. The van der Waals surface area contributed by atoms with Crippen molar-refractivity contribution in [2.45, 2.75) is 25.2 Å². The number of carboxylic acids is 1. The number of amides is 1. The highest BCUT2D eigenvalue weighted by Crippen LogP contribution is 2.37. The van der Waals surface area contributed by atoms with Crippen molar-refractivity contribution in [3.8, 4) is 0 Å². The number of hydrogen-bond acceptors (Lipinski definition) is 3. The zero-order valence-corrected chi connectivity index (χ0v) is 12.6. The van der Waals surface area contributed by atoms with Gasteiger partial charge in [0.2, 0.25) is 5.91 Å². The number of anilines is 1. The van der Waals surface area contributed by atoms with E-state index in [0.717, 1.165) is 35.6 Å². The molecule has 1 atom stereocenters. The normalized spacial score (nSPS) is 22.1. The number of carboxylic acid groups (broad SMARTS) is 1. The van der Waals surface area contributed by atoms with Gasteiger partial charge in [-0.3, -0.25) is 9.59 Å². The molecule has 21 heavy (non-hydrogen) atoms. The number of thioether (sulfide) groups is 1. The molecule has 1 N–H and O–H groups in total. The Morgan fingerprint density at radius 1 is 1.24 bits per heavy atom. The lowest BCUT2D eigenvalue weighted by molar-refractivity contribution is -0.138. The number of benzene rings is 1. The predicted octanol–water partition coefficient (Wildman–Crippen LogP) is 2.73. The van der Waals surface area contributed by atoms with Crippen molar-refractivity contribution in [3.05, 3.63) is 29.8 Å². The Kier molecular flexibility index (Phi) is 4.19. The summed E-state index contributed by atoms with van der Waals surface area (Å²) < 4.78 is 0. The SMILES string of the molecule is O=C(O)C1CN(C(=O)CC2CCSCC2)c2ccccc21. The molecule has 112 valence electrons. The second-order valence-electron chi connectivity index (χ2n) is 5.71. The summed E-state index contributed by atoms with van der Waals surface area (Å²) in [4.78, 5) is 25.6. The van der Waals surface area contributed by atoms with Gasteiger partial charge in [0.05, 0.1) is 0 Å². The third-order valence-corrected chi connectivity index (χ3v) is 5.42. The van der Waals surface area contributed by atoms with Crippen LogP contribution in [0.15, 0.2) is 24.3 Å². The van der Waals surface area contributed by atoms with E-state index in [1.807, 2.05) is 36.0 Å². The van der Waals surface area contributed by atoms with E-state index in [9.17, 15) is 14.7 Å². The van der Waals surface area contributed by atoms with Gasteiger partial charge in [-0.25, -0.2) is 0 Å². The van der Waals surface area contributed by atoms with Crippen molar-refractivity contribution in [1.82, 2.24) is 0 Å². The molecule has 0 aromatic heterocycles. The van der Waals surface area contributed by atoms with Crippen LogP contribution in [0, 0.1) is 5.92 Å². The highest BCUT2D eigenvalue weighted by Gasteiger charge is 2.36. The Balaban J connectivity index is 1.76. The lowest BCUT2D eigenvalue weighted by Gasteiger charge is -2.24. The minimum atomic E-state index is -0.855. The number of carbonyl (C=O) groups is 2. The maximum absolute atomic E-state index is 12.6. The quantitative estimate of drug-likeness (QED) is 0.933. The number of carbonyl (C=O) groups excluding carboxylic acids is 1. The molecule has 1 unspecified atom stereocenters. The summed E-state index contributed by atoms with van der Waals surface area (Å²) in [6.45, 7) is 0.273. The van der Waals surface area contributed by atoms with Crippen LogP contribution in [0.3, 0.4) is 0 Å². The molecule has 1 aromatic rings. The molecule has 0 saturated carbocycles. The van der Waals surface area contributed by atoms with Gasteiger partial charge in [0.15, 0.2) is 0 Å². The minimum Gasteiger partial charge on any atom is -0.481 e. The summed E-state index contributed by atoms with van der Waals surface area (Å²) >= 11 is 1.95. The second kappa shape index (κ2) is 6.10. The molecular weight excluding hydrogens is 286 g/mol. The molecule has 0 bridgehead atoms. The van der Waals surface area contributed by atoms with Gasteiger partial charge in [-0.1, -0.05) is 18.2 Å². The summed E-state index contributed by atoms with van der Waals surface area (Å²) in [5.74, 6) is 1.34. The van der Waals surface area contributed by atoms with Gasteiger partial charge in [-0.2, -0.15) is 11.8 Å². The van der Waals surface area contributed by atoms with Crippen LogP contribution >= 0.6 is 11.8 Å². The predicted molar refractivity (Wildman–Crippen MR) is 83.8 cm³/mol. The fourth-order valence-electron chi connectivity index (χ4n) is 3.16. The van der Waals surface area contributed by atoms with Gasteiger partial charge in [0.1, 0.15) is 5.92 Å². The summed E-state index contributed by atoms with van der Waals surface area (Å²) in [5.41, 5.74) is 1.54. The van der Waals surface area contributed by atoms with E-state index in [-0.39, 0.29) is 12.5 Å². The molecule has 5 heteroatoms. The van der Waals surface area contributed by atoms with Crippen LogP contribution in [0.2, 0.25) is 0 Å². The summed E-state index contributed by atoms with van der Waals surface area (Å²) in [6.07, 6.45) is 2.73. The first-order valence-electron chi connectivity index (χ1n) is 7.36. The third kappa shape index (κ3) is 2.93. The van der Waals surface area contributed by atoms with E-state index in [1.165, 1.54) is 0 Å². The largest absolute Gasteiger partial charge is 0.481 e. The highest BCUT2D eigenvalue weighted by molar-refractivity contribution is 7.99. The van der Waals surface area contributed by atoms with Crippen LogP contribution in [0.5, 0.6) is 0 Å². The van der Waals surface area contributed by atoms with E-state index in [4.69, 9.17) is 0 Å². The van der Waals surface area contributed by atoms with Crippen molar-refractivity contribution >= 4 is 29.3 Å². The van der Waals surface area contributed by atoms with Crippen LogP contribution in [-0.4, -0.2) is 35.0 Å². The monoisotopic (exact) mass is 305 g/mol. The molecule has 2 heterocycles. The summed E-state index contributed by atoms with van der Waals surface area (Å²) in [7, 11) is 0. The zero-order valence-electron chi connectivity index (χ0n) is 11.8. The van der Waals surface area contributed by atoms with Gasteiger partial charge >= 0.3 is 5.97 Å². The maximum Gasteiger partial charge on any atom is 0.312 e. The van der Waals surface area contributed by atoms with Crippen LogP contribution < -0.4 is 4.90 Å². The minimum absolute atomic E-state index is 0.0723. The average molecular weight is 305 g/mol. The molecule has 0 spiro atoms. The average Bonchev–Trinajstić information content (AvgIpc) is 2.88. The Labute approximate surface area is 128 Å². The molecule has 4 nitrogen and oxygen atoms in total. The van der Waals surface area contributed by atoms with E-state index < -0.39 is 11.9 Å². The van der Waals surface area contributed by atoms with Gasteiger partial charge in [0.25, 0.3) is 0 Å². The third-order valence-electron chi connectivity index (χ3n) is 4.37. The molecule has 0 radical (unpaired) electrons. The van der Waals surface area contributed by atoms with E-state index in [2.05, 4.69) is 0 Å². The van der Waals surface area contributed by atoms with Gasteiger partial charge in [-0.05, 0) is 41.9 Å². The molecule has 1 amide bonds. The topological polar surface area (TPSA) is 57.6 Å². The Morgan fingerprint density at radius 3 is 2.67 bits per heavy atom. The van der Waals surface area contributed by atoms with Crippen molar-refractivity contribution in [3.63, 3.8) is 0 Å². The fourth-order valence-corrected chi connectivity index (χ4v) is 4.37. The first kappa shape index (κ1) is 14.4. The van der Waals surface area contributed by atoms with Crippen LogP contribution in [0.4, 0.5) is 5.69 Å². The van der Waals surface area contributed by atoms with Crippen LogP contribution in [0.25, 0.3) is 0 Å². The number of aliphatic carboxylic acids is 1. The van der Waals surface area contributed by atoms with E-state index >= 15 is 0 Å². The number of nitrogens with zero attached hydrogens (tertiary/aromatic N) is 1. The molecule has 1 fully saturated rings. The Morgan fingerprint density at radius 2 is 1.95 bits per heavy atom. The van der Waals surface area contributed by atoms with Gasteiger partial charge in [0, 0.05) is 18.7 Å². The van der Waals surface area contributed by atoms with Crippen molar-refractivity contribution in [2.24, 2.45) is 5.92 Å². The second-order valence-corrected chi connectivity index (χ2v) is 6.94. The van der Waals surface area contributed by atoms with Crippen LogP contribution in [0.1, 0.15) is 30.7 Å². The first-order valence-corrected chi connectivity index (χ1v) is 8.52. The standard InChI is InChI=1S/C16H19NO3S/c18-15(9-11-5-7-21-8-6-11)17-10-13(16(19)20)12-3-1-2-4-14(12)17/h1-4,11,13H,5-10H2,(H,19,20). The van der Waals surface area contributed by atoms with Crippen molar-refractivity contribution in [1.29, 1.82) is 0 Å². The number of hydrogen-bond donors (Lipinski definition) is 1. The summed E-state index contributed by atoms with van der Waals surface area (Å²) in [6, 6.07) is 7.37. The highest BCUT2D eigenvalue weighted by atomic mass is 32.2. The lowest BCUT2D eigenvalue weighted by Crippen LogP contribution is -2.33. The molecule has 2 aliphatic heterocycles. The Bertz CT molecular complexity index is 554. The maximum atomic E-state index is 12.6. The summed E-state index contributed by atoms with van der Waals surface area (Å²) in [5, 5.41) is 9.34. The van der Waals surface area contributed by atoms with Crippen molar-refractivity contribution < 1.29 is 14.7 Å². The van der Waals surface area contributed by atoms with Crippen molar-refractivity contribution in [2.75, 3.05) is 23.0 Å². The fraction of sp³-hybridized carbons (Fsp3) is 0.500. The smallest absolute Gasteiger partial charge is 0.312 e. The number of para-hydroxylation sites is 1. The van der Waals surface area contributed by atoms with Crippen LogP contribution in [-0.2, 0) is 9.59 Å². The molecule has 1 saturated heterocycles.